The van der Waals surface area contributed by atoms with Crippen molar-refractivity contribution in [2.24, 2.45) is 5.84 Å². The number of nitrogens with one attached hydrogen (secondary N) is 1. The second-order valence-corrected chi connectivity index (χ2v) is 6.59. The molecule has 1 atom stereocenters. The average Bonchev–Trinajstić information content (AvgIpc) is 2.42. The van der Waals surface area contributed by atoms with Crippen LogP contribution in [0.15, 0.2) is 46.9 Å². The number of hydrogen-bond acceptors (Lipinski definition) is 3. The van der Waals surface area contributed by atoms with Crippen LogP contribution in [0.3, 0.4) is 0 Å². The average molecular weight is 346 g/mol. The van der Waals surface area contributed by atoms with E-state index in [4.69, 9.17) is 11.6 Å². The van der Waals surface area contributed by atoms with Gasteiger partial charge in [0, 0.05) is 10.2 Å². The van der Waals surface area contributed by atoms with Gasteiger partial charge in [-0.1, -0.05) is 46.6 Å². The highest BCUT2D eigenvalue weighted by Crippen LogP contribution is 2.38. The highest BCUT2D eigenvalue weighted by Gasteiger charge is 2.21. The number of anilines is 1. The zero-order chi connectivity index (χ0) is 14.8. The first kappa shape index (κ1) is 14.6. The summed E-state index contributed by atoms with van der Waals surface area (Å²) >= 11 is 3.50. The van der Waals surface area contributed by atoms with E-state index in [2.05, 4.69) is 45.6 Å². The van der Waals surface area contributed by atoms with Gasteiger partial charge in [-0.05, 0) is 53.6 Å². The summed E-state index contributed by atoms with van der Waals surface area (Å²) < 4.78 is 1.00. The minimum Gasteiger partial charge on any atom is -0.398 e. The normalized spacial score (nSPS) is 16.5. The Morgan fingerprint density at radius 3 is 2.62 bits per heavy atom. The monoisotopic (exact) mass is 345 g/mol. The topological polar surface area (TPSA) is 64.1 Å². The van der Waals surface area contributed by atoms with Crippen molar-refractivity contribution >= 4 is 21.6 Å². The molecule has 21 heavy (non-hydrogen) atoms. The Bertz CT molecular complexity index is 638. The Kier molecular flexibility index (Phi) is 4.29. The molecular weight excluding hydrogens is 326 g/mol. The van der Waals surface area contributed by atoms with Gasteiger partial charge in [-0.25, -0.2) is 5.43 Å². The van der Waals surface area contributed by atoms with Gasteiger partial charge in [-0.15, -0.1) is 0 Å². The van der Waals surface area contributed by atoms with Crippen molar-refractivity contribution in [3.05, 3.63) is 63.6 Å². The van der Waals surface area contributed by atoms with Crippen LogP contribution in [-0.4, -0.2) is 0 Å². The first-order chi connectivity index (χ1) is 10.2. The fourth-order valence-corrected chi connectivity index (χ4v) is 3.27. The standard InChI is InChI=1S/C17H20BrN3/c18-14-7-8-16(19)15(10-14)17(21-20)13-6-2-5-12(9-13)11-3-1-4-11/h2,5-11,17,21H,1,3-4,19-20H2. The van der Waals surface area contributed by atoms with Crippen LogP contribution in [0.5, 0.6) is 0 Å². The molecule has 0 amide bonds. The molecule has 2 aromatic rings. The molecule has 0 bridgehead atoms. The third-order valence-corrected chi connectivity index (χ3v) is 4.84. The van der Waals surface area contributed by atoms with E-state index >= 15 is 0 Å². The minimum absolute atomic E-state index is 0.0949. The number of rotatable bonds is 4. The van der Waals surface area contributed by atoms with Crippen LogP contribution in [0.2, 0.25) is 0 Å². The highest BCUT2D eigenvalue weighted by molar-refractivity contribution is 9.10. The Hall–Kier alpha value is -1.36. The quantitative estimate of drug-likeness (QED) is 0.448. The second kappa shape index (κ2) is 6.18. The third kappa shape index (κ3) is 2.98. The molecule has 0 radical (unpaired) electrons. The van der Waals surface area contributed by atoms with Crippen molar-refractivity contribution < 1.29 is 0 Å². The lowest BCUT2D eigenvalue weighted by Gasteiger charge is -2.27. The molecule has 0 saturated heterocycles. The predicted molar refractivity (Wildman–Crippen MR) is 90.8 cm³/mol. The maximum Gasteiger partial charge on any atom is 0.0730 e. The predicted octanol–water partition coefficient (Wildman–Crippen LogP) is 3.85. The van der Waals surface area contributed by atoms with Crippen molar-refractivity contribution in [2.45, 2.75) is 31.2 Å². The smallest absolute Gasteiger partial charge is 0.0730 e. The van der Waals surface area contributed by atoms with E-state index in [0.29, 0.717) is 5.92 Å². The molecule has 1 aliphatic rings. The van der Waals surface area contributed by atoms with Gasteiger partial charge in [0.15, 0.2) is 0 Å². The Morgan fingerprint density at radius 1 is 1.14 bits per heavy atom. The molecule has 1 fully saturated rings. The van der Waals surface area contributed by atoms with Gasteiger partial charge in [0.1, 0.15) is 0 Å². The molecule has 1 unspecified atom stereocenters. The van der Waals surface area contributed by atoms with Gasteiger partial charge in [0.2, 0.25) is 0 Å². The molecule has 110 valence electrons. The lowest BCUT2D eigenvalue weighted by Crippen LogP contribution is -2.29. The van der Waals surface area contributed by atoms with Crippen LogP contribution in [0.25, 0.3) is 0 Å². The fourth-order valence-electron chi connectivity index (χ4n) is 2.90. The lowest BCUT2D eigenvalue weighted by molar-refractivity contribution is 0.419. The summed E-state index contributed by atoms with van der Waals surface area (Å²) in [6, 6.07) is 14.5. The van der Waals surface area contributed by atoms with Crippen LogP contribution in [0.1, 0.15) is 47.9 Å². The number of halogens is 1. The van der Waals surface area contributed by atoms with E-state index in [0.717, 1.165) is 21.3 Å². The van der Waals surface area contributed by atoms with Crippen LogP contribution in [-0.2, 0) is 0 Å². The van der Waals surface area contributed by atoms with Gasteiger partial charge in [0.25, 0.3) is 0 Å². The van der Waals surface area contributed by atoms with Crippen LogP contribution < -0.4 is 17.0 Å². The van der Waals surface area contributed by atoms with E-state index in [9.17, 15) is 0 Å². The molecule has 3 rings (SSSR count). The number of nitrogen functional groups attached to an aromatic ring is 1. The summed E-state index contributed by atoms with van der Waals surface area (Å²) in [6.07, 6.45) is 3.93. The lowest BCUT2D eigenvalue weighted by atomic mass is 9.79. The minimum atomic E-state index is -0.0949. The third-order valence-electron chi connectivity index (χ3n) is 4.35. The Morgan fingerprint density at radius 2 is 1.95 bits per heavy atom. The Labute approximate surface area is 133 Å². The molecular formula is C17H20BrN3. The summed E-state index contributed by atoms with van der Waals surface area (Å²) in [4.78, 5) is 0. The van der Waals surface area contributed by atoms with E-state index in [-0.39, 0.29) is 6.04 Å². The molecule has 0 aliphatic heterocycles. The maximum absolute atomic E-state index is 6.12. The van der Waals surface area contributed by atoms with E-state index in [1.807, 2.05) is 18.2 Å². The fraction of sp³-hybridized carbons (Fsp3) is 0.294. The zero-order valence-corrected chi connectivity index (χ0v) is 13.4. The summed E-state index contributed by atoms with van der Waals surface area (Å²) in [5, 5.41) is 0. The summed E-state index contributed by atoms with van der Waals surface area (Å²) in [7, 11) is 0. The van der Waals surface area contributed by atoms with E-state index in [1.165, 1.54) is 24.8 Å². The van der Waals surface area contributed by atoms with Crippen molar-refractivity contribution in [3.8, 4) is 0 Å². The second-order valence-electron chi connectivity index (χ2n) is 5.67. The molecule has 3 nitrogen and oxygen atoms in total. The Balaban J connectivity index is 1.97. The molecule has 0 spiro atoms. The maximum atomic E-state index is 6.12. The van der Waals surface area contributed by atoms with E-state index < -0.39 is 0 Å². The molecule has 0 heterocycles. The van der Waals surface area contributed by atoms with E-state index in [1.54, 1.807) is 0 Å². The number of nitrogens with two attached hydrogens (primary N) is 2. The van der Waals surface area contributed by atoms with Gasteiger partial charge in [-0.3, -0.25) is 5.84 Å². The van der Waals surface area contributed by atoms with Crippen molar-refractivity contribution in [1.29, 1.82) is 0 Å². The number of hydrogen-bond donors (Lipinski definition) is 3. The van der Waals surface area contributed by atoms with Gasteiger partial charge >= 0.3 is 0 Å². The van der Waals surface area contributed by atoms with Crippen LogP contribution in [0.4, 0.5) is 5.69 Å². The molecule has 5 N–H and O–H groups in total. The number of benzene rings is 2. The summed E-state index contributed by atoms with van der Waals surface area (Å²) in [5.41, 5.74) is 13.3. The summed E-state index contributed by atoms with van der Waals surface area (Å²) in [5.74, 6) is 6.52. The van der Waals surface area contributed by atoms with Gasteiger partial charge < -0.3 is 5.73 Å². The van der Waals surface area contributed by atoms with Crippen molar-refractivity contribution in [3.63, 3.8) is 0 Å². The van der Waals surface area contributed by atoms with Gasteiger partial charge in [-0.2, -0.15) is 0 Å². The van der Waals surface area contributed by atoms with Gasteiger partial charge in [0.05, 0.1) is 6.04 Å². The number of hydrazine groups is 1. The first-order valence-electron chi connectivity index (χ1n) is 7.30. The van der Waals surface area contributed by atoms with Crippen molar-refractivity contribution in [2.75, 3.05) is 5.73 Å². The van der Waals surface area contributed by atoms with Crippen LogP contribution >= 0.6 is 15.9 Å². The molecule has 2 aromatic carbocycles. The molecule has 1 saturated carbocycles. The molecule has 0 aromatic heterocycles. The van der Waals surface area contributed by atoms with Crippen molar-refractivity contribution in [1.82, 2.24) is 5.43 Å². The SMILES string of the molecule is NNC(c1cccc(C2CCC2)c1)c1cc(Br)ccc1N. The largest absolute Gasteiger partial charge is 0.398 e. The summed E-state index contributed by atoms with van der Waals surface area (Å²) in [6.45, 7) is 0. The first-order valence-corrected chi connectivity index (χ1v) is 8.09. The van der Waals surface area contributed by atoms with Crippen LogP contribution in [0, 0.1) is 0 Å². The highest BCUT2D eigenvalue weighted by atomic mass is 79.9. The molecule has 4 heteroatoms. The molecule has 1 aliphatic carbocycles. The zero-order valence-electron chi connectivity index (χ0n) is 11.9.